The van der Waals surface area contributed by atoms with Crippen LogP contribution in [0.2, 0.25) is 0 Å². The predicted octanol–water partition coefficient (Wildman–Crippen LogP) is 1.80. The van der Waals surface area contributed by atoms with Gasteiger partial charge < -0.3 is 5.11 Å². The Morgan fingerprint density at radius 1 is 0.895 bits per heavy atom. The lowest BCUT2D eigenvalue weighted by atomic mass is 9.83. The van der Waals surface area contributed by atoms with Crippen molar-refractivity contribution in [3.8, 4) is 0 Å². The standard InChI is InChI=1S/C15H26N2O2/c18-15(19)13-6-1-2-7-14(13)17-10-4-9-16-8-3-5-12(16)11-17/h12-14H,1-11H2,(H,18,19). The van der Waals surface area contributed by atoms with Gasteiger partial charge in [-0.3, -0.25) is 14.6 Å². The fourth-order valence-corrected chi connectivity index (χ4v) is 4.37. The smallest absolute Gasteiger partial charge is 0.308 e. The third kappa shape index (κ3) is 2.79. The zero-order valence-corrected chi connectivity index (χ0v) is 11.8. The summed E-state index contributed by atoms with van der Waals surface area (Å²) in [4.78, 5) is 16.6. The van der Waals surface area contributed by atoms with Gasteiger partial charge in [0.15, 0.2) is 0 Å². The number of nitrogens with zero attached hydrogens (tertiary/aromatic N) is 2. The average Bonchev–Trinajstić information content (AvgIpc) is 2.76. The monoisotopic (exact) mass is 266 g/mol. The van der Waals surface area contributed by atoms with Gasteiger partial charge in [-0.1, -0.05) is 12.8 Å². The number of fused-ring (bicyclic) bond motifs is 1. The van der Waals surface area contributed by atoms with Crippen LogP contribution in [0.25, 0.3) is 0 Å². The highest BCUT2D eigenvalue weighted by Crippen LogP contribution is 2.31. The van der Waals surface area contributed by atoms with Crippen molar-refractivity contribution in [3.05, 3.63) is 0 Å². The molecule has 0 spiro atoms. The van der Waals surface area contributed by atoms with E-state index in [1.165, 1.54) is 38.8 Å². The Bertz CT molecular complexity index is 334. The molecule has 3 atom stereocenters. The minimum Gasteiger partial charge on any atom is -0.481 e. The van der Waals surface area contributed by atoms with Crippen molar-refractivity contribution in [2.75, 3.05) is 26.2 Å². The van der Waals surface area contributed by atoms with Crippen LogP contribution in [0, 0.1) is 5.92 Å². The first-order valence-corrected chi connectivity index (χ1v) is 7.96. The maximum Gasteiger partial charge on any atom is 0.308 e. The Hall–Kier alpha value is -0.610. The van der Waals surface area contributed by atoms with E-state index in [0.29, 0.717) is 12.1 Å². The summed E-state index contributed by atoms with van der Waals surface area (Å²) in [6, 6.07) is 0.991. The fraction of sp³-hybridized carbons (Fsp3) is 0.933. The second-order valence-corrected chi connectivity index (χ2v) is 6.48. The lowest BCUT2D eigenvalue weighted by Gasteiger charge is -2.38. The van der Waals surface area contributed by atoms with Gasteiger partial charge in [-0.05, 0) is 51.7 Å². The van der Waals surface area contributed by atoms with Crippen LogP contribution in [0.3, 0.4) is 0 Å². The third-order valence-electron chi connectivity index (χ3n) is 5.35. The van der Waals surface area contributed by atoms with E-state index in [9.17, 15) is 9.90 Å². The van der Waals surface area contributed by atoms with E-state index in [1.54, 1.807) is 0 Å². The van der Waals surface area contributed by atoms with Crippen LogP contribution < -0.4 is 0 Å². The first-order valence-electron chi connectivity index (χ1n) is 7.96. The molecule has 3 aliphatic rings. The number of hydrogen-bond donors (Lipinski definition) is 1. The molecule has 2 heterocycles. The maximum atomic E-state index is 11.5. The van der Waals surface area contributed by atoms with Crippen LogP contribution in [0.5, 0.6) is 0 Å². The summed E-state index contributed by atoms with van der Waals surface area (Å²) < 4.78 is 0. The van der Waals surface area contributed by atoms with Gasteiger partial charge in [0.2, 0.25) is 0 Å². The van der Waals surface area contributed by atoms with E-state index in [-0.39, 0.29) is 5.92 Å². The summed E-state index contributed by atoms with van der Waals surface area (Å²) in [5.41, 5.74) is 0. The van der Waals surface area contributed by atoms with E-state index < -0.39 is 5.97 Å². The number of carbonyl (C=O) groups is 1. The molecule has 0 bridgehead atoms. The van der Waals surface area contributed by atoms with Gasteiger partial charge in [0, 0.05) is 18.6 Å². The molecule has 1 saturated carbocycles. The van der Waals surface area contributed by atoms with Crippen LogP contribution in [-0.4, -0.2) is 59.1 Å². The molecule has 2 aliphatic heterocycles. The largest absolute Gasteiger partial charge is 0.481 e. The maximum absolute atomic E-state index is 11.5. The van der Waals surface area contributed by atoms with Gasteiger partial charge in [0.05, 0.1) is 5.92 Å². The highest BCUT2D eigenvalue weighted by molar-refractivity contribution is 5.71. The minimum absolute atomic E-state index is 0.123. The second-order valence-electron chi connectivity index (χ2n) is 6.48. The molecular formula is C15H26N2O2. The van der Waals surface area contributed by atoms with E-state index in [4.69, 9.17) is 0 Å². The third-order valence-corrected chi connectivity index (χ3v) is 5.35. The molecule has 0 aromatic heterocycles. The summed E-state index contributed by atoms with van der Waals surface area (Å²) >= 11 is 0. The minimum atomic E-state index is -0.572. The lowest BCUT2D eigenvalue weighted by molar-refractivity contribution is -0.145. The van der Waals surface area contributed by atoms with Gasteiger partial charge in [-0.2, -0.15) is 0 Å². The molecule has 0 amide bonds. The molecule has 0 aromatic rings. The molecule has 0 radical (unpaired) electrons. The van der Waals surface area contributed by atoms with Crippen molar-refractivity contribution in [1.29, 1.82) is 0 Å². The number of hydrogen-bond acceptors (Lipinski definition) is 3. The first-order chi connectivity index (χ1) is 9.25. The highest BCUT2D eigenvalue weighted by atomic mass is 16.4. The van der Waals surface area contributed by atoms with Gasteiger partial charge in [0.1, 0.15) is 0 Å². The highest BCUT2D eigenvalue weighted by Gasteiger charge is 2.38. The Balaban J connectivity index is 1.70. The van der Waals surface area contributed by atoms with Crippen LogP contribution >= 0.6 is 0 Å². The second kappa shape index (κ2) is 5.80. The molecule has 108 valence electrons. The molecule has 4 nitrogen and oxygen atoms in total. The molecule has 3 unspecified atom stereocenters. The van der Waals surface area contributed by atoms with Gasteiger partial charge in [-0.25, -0.2) is 0 Å². The predicted molar refractivity (Wildman–Crippen MR) is 74.2 cm³/mol. The topological polar surface area (TPSA) is 43.8 Å². The average molecular weight is 266 g/mol. The molecular weight excluding hydrogens is 240 g/mol. The van der Waals surface area contributed by atoms with E-state index >= 15 is 0 Å². The Kier molecular flexibility index (Phi) is 4.08. The SMILES string of the molecule is O=C(O)C1CCCCC1N1CCCN2CCCC2C1. The van der Waals surface area contributed by atoms with Gasteiger partial charge >= 0.3 is 5.97 Å². The van der Waals surface area contributed by atoms with Crippen molar-refractivity contribution in [2.24, 2.45) is 5.92 Å². The number of aliphatic carboxylic acids is 1. The quantitative estimate of drug-likeness (QED) is 0.828. The summed E-state index contributed by atoms with van der Waals surface area (Å²) in [6.45, 7) is 4.67. The number of carboxylic acids is 1. The van der Waals surface area contributed by atoms with Crippen LogP contribution in [0.1, 0.15) is 44.9 Å². The first kappa shape index (κ1) is 13.4. The van der Waals surface area contributed by atoms with Crippen LogP contribution in [0.15, 0.2) is 0 Å². The Labute approximate surface area is 115 Å². The normalized spacial score (nSPS) is 37.8. The molecule has 4 heteroatoms. The number of carboxylic acid groups (broad SMARTS) is 1. The molecule has 0 aromatic carbocycles. The summed E-state index contributed by atoms with van der Waals surface area (Å²) in [5, 5.41) is 9.46. The zero-order chi connectivity index (χ0) is 13.2. The van der Waals surface area contributed by atoms with Crippen molar-refractivity contribution in [3.63, 3.8) is 0 Å². The van der Waals surface area contributed by atoms with Crippen LogP contribution in [-0.2, 0) is 4.79 Å². The summed E-state index contributed by atoms with van der Waals surface area (Å²) in [7, 11) is 0. The van der Waals surface area contributed by atoms with Crippen molar-refractivity contribution in [1.82, 2.24) is 9.80 Å². The Morgan fingerprint density at radius 3 is 2.47 bits per heavy atom. The van der Waals surface area contributed by atoms with Crippen molar-refractivity contribution < 1.29 is 9.90 Å². The molecule has 3 rings (SSSR count). The van der Waals surface area contributed by atoms with Gasteiger partial charge in [0.25, 0.3) is 0 Å². The van der Waals surface area contributed by atoms with E-state index in [0.717, 1.165) is 32.4 Å². The lowest BCUT2D eigenvalue weighted by Crippen LogP contribution is -2.48. The molecule has 2 saturated heterocycles. The molecule has 3 fully saturated rings. The van der Waals surface area contributed by atoms with E-state index in [2.05, 4.69) is 9.80 Å². The number of rotatable bonds is 2. The van der Waals surface area contributed by atoms with Gasteiger partial charge in [-0.15, -0.1) is 0 Å². The molecule has 1 aliphatic carbocycles. The summed E-state index contributed by atoms with van der Waals surface area (Å²) in [6.07, 6.45) is 8.11. The Morgan fingerprint density at radius 2 is 1.63 bits per heavy atom. The van der Waals surface area contributed by atoms with E-state index in [1.807, 2.05) is 0 Å². The van der Waals surface area contributed by atoms with Crippen molar-refractivity contribution in [2.45, 2.75) is 57.0 Å². The van der Waals surface area contributed by atoms with Crippen molar-refractivity contribution >= 4 is 5.97 Å². The molecule has 19 heavy (non-hydrogen) atoms. The summed E-state index contributed by atoms with van der Waals surface area (Å²) in [5.74, 6) is -0.695. The molecule has 1 N–H and O–H groups in total. The van der Waals surface area contributed by atoms with Crippen LogP contribution in [0.4, 0.5) is 0 Å². The fourth-order valence-electron chi connectivity index (χ4n) is 4.37. The zero-order valence-electron chi connectivity index (χ0n) is 11.8.